The average molecular weight is 458 g/mol. The number of hydrogen-bond acceptors (Lipinski definition) is 5. The zero-order valence-electron chi connectivity index (χ0n) is 19.9. The SMILES string of the molecule is CCCCN(Cc1cccn1C)C(=O)CN(CCCOCC)C(=O)c1ccc2c(c1)OCO2. The lowest BCUT2D eigenvalue weighted by Gasteiger charge is -2.28. The Balaban J connectivity index is 1.74. The van der Waals surface area contributed by atoms with E-state index < -0.39 is 0 Å². The lowest BCUT2D eigenvalue weighted by Crippen LogP contribution is -2.43. The van der Waals surface area contributed by atoms with E-state index in [1.54, 1.807) is 23.1 Å². The quantitative estimate of drug-likeness (QED) is 0.431. The molecule has 2 aromatic rings. The van der Waals surface area contributed by atoms with Crippen molar-refractivity contribution in [3.8, 4) is 11.5 Å². The van der Waals surface area contributed by atoms with E-state index in [9.17, 15) is 9.59 Å². The summed E-state index contributed by atoms with van der Waals surface area (Å²) in [6.07, 6.45) is 4.53. The maximum Gasteiger partial charge on any atom is 0.254 e. The first kappa shape index (κ1) is 24.6. The predicted molar refractivity (Wildman–Crippen MR) is 125 cm³/mol. The number of nitrogens with zero attached hydrogens (tertiary/aromatic N) is 3. The number of ether oxygens (including phenoxy) is 3. The molecule has 1 aromatic heterocycles. The van der Waals surface area contributed by atoms with E-state index in [1.165, 1.54) is 0 Å². The van der Waals surface area contributed by atoms with Crippen molar-refractivity contribution in [2.45, 2.75) is 39.7 Å². The number of carbonyl (C=O) groups is 2. The average Bonchev–Trinajstić information content (AvgIpc) is 3.46. The Bertz CT molecular complexity index is 927. The first-order valence-electron chi connectivity index (χ1n) is 11.7. The molecule has 0 unspecified atom stereocenters. The van der Waals surface area contributed by atoms with Gasteiger partial charge in [0.1, 0.15) is 6.54 Å². The van der Waals surface area contributed by atoms with Gasteiger partial charge in [-0.3, -0.25) is 9.59 Å². The van der Waals surface area contributed by atoms with Crippen LogP contribution in [0.1, 0.15) is 49.2 Å². The Morgan fingerprint density at radius 3 is 2.58 bits per heavy atom. The highest BCUT2D eigenvalue weighted by atomic mass is 16.7. The zero-order valence-corrected chi connectivity index (χ0v) is 19.9. The molecule has 1 aromatic carbocycles. The number of unbranched alkanes of at least 4 members (excludes halogenated alkanes) is 1. The normalized spacial score (nSPS) is 12.1. The van der Waals surface area contributed by atoms with Crippen molar-refractivity contribution < 1.29 is 23.8 Å². The Morgan fingerprint density at radius 2 is 1.85 bits per heavy atom. The lowest BCUT2D eigenvalue weighted by atomic mass is 10.1. The maximum atomic E-state index is 13.4. The summed E-state index contributed by atoms with van der Waals surface area (Å²) in [6, 6.07) is 9.13. The largest absolute Gasteiger partial charge is 0.454 e. The van der Waals surface area contributed by atoms with E-state index in [-0.39, 0.29) is 25.2 Å². The van der Waals surface area contributed by atoms with E-state index >= 15 is 0 Å². The molecule has 0 radical (unpaired) electrons. The fourth-order valence-corrected chi connectivity index (χ4v) is 3.73. The van der Waals surface area contributed by atoms with E-state index in [4.69, 9.17) is 14.2 Å². The highest BCUT2D eigenvalue weighted by molar-refractivity contribution is 5.97. The minimum absolute atomic E-state index is 0.0214. The van der Waals surface area contributed by atoms with Crippen LogP contribution in [0.4, 0.5) is 0 Å². The molecular weight excluding hydrogens is 422 g/mol. The highest BCUT2D eigenvalue weighted by Crippen LogP contribution is 2.32. The maximum absolute atomic E-state index is 13.4. The standard InChI is InChI=1S/C25H35N3O5/c1-4-6-13-27(17-21-9-7-12-26(21)3)24(29)18-28(14-8-15-31-5-2)25(30)20-10-11-22-23(16-20)33-19-32-22/h7,9-12,16H,4-6,8,13-15,17-19H2,1-3H3. The molecule has 0 atom stereocenters. The Labute approximate surface area is 196 Å². The van der Waals surface area contributed by atoms with Crippen LogP contribution in [0, 0.1) is 0 Å². The van der Waals surface area contributed by atoms with Gasteiger partial charge < -0.3 is 28.6 Å². The van der Waals surface area contributed by atoms with Gasteiger partial charge in [0.05, 0.1) is 6.54 Å². The summed E-state index contributed by atoms with van der Waals surface area (Å²) in [6.45, 7) is 6.99. The van der Waals surface area contributed by atoms with Crippen LogP contribution in [-0.2, 0) is 23.1 Å². The number of fused-ring (bicyclic) bond motifs is 1. The lowest BCUT2D eigenvalue weighted by molar-refractivity contribution is -0.132. The van der Waals surface area contributed by atoms with Gasteiger partial charge in [-0.25, -0.2) is 0 Å². The molecule has 0 fully saturated rings. The molecular formula is C25H35N3O5. The first-order valence-corrected chi connectivity index (χ1v) is 11.7. The molecule has 0 aliphatic carbocycles. The van der Waals surface area contributed by atoms with E-state index in [2.05, 4.69) is 6.92 Å². The van der Waals surface area contributed by atoms with Gasteiger partial charge >= 0.3 is 0 Å². The molecule has 0 spiro atoms. The van der Waals surface area contributed by atoms with Crippen LogP contribution >= 0.6 is 0 Å². The molecule has 1 aliphatic rings. The van der Waals surface area contributed by atoms with Crippen LogP contribution in [0.5, 0.6) is 11.5 Å². The summed E-state index contributed by atoms with van der Waals surface area (Å²) < 4.78 is 18.2. The third kappa shape index (κ3) is 6.74. The summed E-state index contributed by atoms with van der Waals surface area (Å²) in [5.74, 6) is 0.913. The van der Waals surface area contributed by atoms with Crippen molar-refractivity contribution in [2.75, 3.05) is 39.6 Å². The van der Waals surface area contributed by atoms with Crippen molar-refractivity contribution >= 4 is 11.8 Å². The minimum atomic E-state index is -0.201. The van der Waals surface area contributed by atoms with Crippen LogP contribution in [0.2, 0.25) is 0 Å². The molecule has 33 heavy (non-hydrogen) atoms. The van der Waals surface area contributed by atoms with Crippen molar-refractivity contribution in [1.29, 1.82) is 0 Å². The fraction of sp³-hybridized carbons (Fsp3) is 0.520. The Kier molecular flexibility index (Phi) is 9.18. The van der Waals surface area contributed by atoms with Crippen molar-refractivity contribution in [1.82, 2.24) is 14.4 Å². The number of aromatic nitrogens is 1. The van der Waals surface area contributed by atoms with E-state index in [0.29, 0.717) is 56.3 Å². The molecule has 8 nitrogen and oxygen atoms in total. The summed E-state index contributed by atoms with van der Waals surface area (Å²) in [5.41, 5.74) is 1.54. The van der Waals surface area contributed by atoms with Crippen molar-refractivity contribution in [2.24, 2.45) is 7.05 Å². The van der Waals surface area contributed by atoms with Gasteiger partial charge in [-0.2, -0.15) is 0 Å². The van der Waals surface area contributed by atoms with E-state index in [1.807, 2.05) is 41.8 Å². The second-order valence-electron chi connectivity index (χ2n) is 8.12. The summed E-state index contributed by atoms with van der Waals surface area (Å²) in [7, 11) is 1.97. The van der Waals surface area contributed by atoms with Gasteiger partial charge in [-0.1, -0.05) is 13.3 Å². The molecule has 2 amide bonds. The van der Waals surface area contributed by atoms with Crippen LogP contribution in [0.3, 0.4) is 0 Å². The third-order valence-electron chi connectivity index (χ3n) is 5.69. The minimum Gasteiger partial charge on any atom is -0.454 e. The second kappa shape index (κ2) is 12.3. The Hall–Kier alpha value is -3.00. The number of hydrogen-bond donors (Lipinski definition) is 0. The smallest absolute Gasteiger partial charge is 0.254 e. The highest BCUT2D eigenvalue weighted by Gasteiger charge is 2.24. The van der Waals surface area contributed by atoms with Gasteiger partial charge in [0.25, 0.3) is 5.91 Å². The second-order valence-corrected chi connectivity index (χ2v) is 8.12. The third-order valence-corrected chi connectivity index (χ3v) is 5.69. The van der Waals surface area contributed by atoms with Crippen LogP contribution in [-0.4, -0.2) is 65.8 Å². The summed E-state index contributed by atoms with van der Waals surface area (Å²) >= 11 is 0. The molecule has 8 heteroatoms. The molecule has 2 heterocycles. The number of aryl methyl sites for hydroxylation is 1. The van der Waals surface area contributed by atoms with E-state index in [0.717, 1.165) is 18.5 Å². The molecule has 0 saturated carbocycles. The predicted octanol–water partition coefficient (Wildman–Crippen LogP) is 3.45. The van der Waals surface area contributed by atoms with Gasteiger partial charge in [0.15, 0.2) is 11.5 Å². The van der Waals surface area contributed by atoms with Crippen LogP contribution < -0.4 is 9.47 Å². The van der Waals surface area contributed by atoms with Crippen LogP contribution in [0.15, 0.2) is 36.5 Å². The van der Waals surface area contributed by atoms with Crippen LogP contribution in [0.25, 0.3) is 0 Å². The monoisotopic (exact) mass is 457 g/mol. The first-order chi connectivity index (χ1) is 16.0. The zero-order chi connectivity index (χ0) is 23.6. The molecule has 1 aliphatic heterocycles. The van der Waals surface area contributed by atoms with Gasteiger partial charge in [-0.15, -0.1) is 0 Å². The number of benzene rings is 1. The number of amides is 2. The molecule has 180 valence electrons. The molecule has 0 bridgehead atoms. The topological polar surface area (TPSA) is 73.2 Å². The van der Waals surface area contributed by atoms with Crippen molar-refractivity contribution in [3.05, 3.63) is 47.8 Å². The van der Waals surface area contributed by atoms with Gasteiger partial charge in [0.2, 0.25) is 12.7 Å². The fourth-order valence-electron chi connectivity index (χ4n) is 3.73. The number of rotatable bonds is 13. The summed E-state index contributed by atoms with van der Waals surface area (Å²) in [5, 5.41) is 0. The molecule has 0 saturated heterocycles. The van der Waals surface area contributed by atoms with Gasteiger partial charge in [-0.05, 0) is 50.1 Å². The Morgan fingerprint density at radius 1 is 1.06 bits per heavy atom. The number of carbonyl (C=O) groups excluding carboxylic acids is 2. The summed E-state index contributed by atoms with van der Waals surface area (Å²) in [4.78, 5) is 30.2. The molecule has 0 N–H and O–H groups in total. The van der Waals surface area contributed by atoms with Crippen molar-refractivity contribution in [3.63, 3.8) is 0 Å². The van der Waals surface area contributed by atoms with Gasteiger partial charge in [0, 0.05) is 50.8 Å². The molecule has 3 rings (SSSR count).